The largest absolute Gasteiger partial charge is 1.00 e. The minimum Gasteiger partial charge on any atom is -1.00 e. The van der Waals surface area contributed by atoms with Gasteiger partial charge in [-0.3, -0.25) is 0 Å². The first-order valence-corrected chi connectivity index (χ1v) is 9.82. The van der Waals surface area contributed by atoms with Crippen LogP contribution in [0.2, 0.25) is 0 Å². The molecule has 172 valence electrons. The van der Waals surface area contributed by atoms with Gasteiger partial charge in [-0.15, -0.1) is 0 Å². The SMILES string of the molecule is OC[C@@H]1CCC[N+]1(CCc1ccccc1)Cc1cc(C(F)(F)F)cc(C(F)(F)F)c1.[Br-]. The van der Waals surface area contributed by atoms with Crippen molar-refractivity contribution in [3.63, 3.8) is 0 Å². The molecule has 9 heteroatoms. The van der Waals surface area contributed by atoms with E-state index in [0.717, 1.165) is 24.1 Å². The van der Waals surface area contributed by atoms with Crippen LogP contribution in [0.4, 0.5) is 26.3 Å². The van der Waals surface area contributed by atoms with Crippen molar-refractivity contribution in [2.24, 2.45) is 0 Å². The van der Waals surface area contributed by atoms with Crippen molar-refractivity contribution in [3.8, 4) is 0 Å². The van der Waals surface area contributed by atoms with Crippen molar-refractivity contribution in [3.05, 3.63) is 70.8 Å². The molecule has 2 aromatic carbocycles. The zero-order chi connectivity index (χ0) is 22.0. The quantitative estimate of drug-likeness (QED) is 0.466. The summed E-state index contributed by atoms with van der Waals surface area (Å²) in [5, 5.41) is 9.87. The first kappa shape index (κ1) is 25.7. The Bertz CT molecular complexity index is 823. The Labute approximate surface area is 187 Å². The second kappa shape index (κ2) is 9.92. The fourth-order valence-electron chi connectivity index (χ4n) is 4.41. The molecule has 0 saturated carbocycles. The van der Waals surface area contributed by atoms with Crippen LogP contribution in [0.3, 0.4) is 0 Å². The molecule has 2 nitrogen and oxygen atoms in total. The molecule has 1 saturated heterocycles. The molecular weight excluding hydrogens is 488 g/mol. The van der Waals surface area contributed by atoms with E-state index in [0.29, 0.717) is 25.9 Å². The van der Waals surface area contributed by atoms with E-state index in [2.05, 4.69) is 0 Å². The van der Waals surface area contributed by atoms with Crippen molar-refractivity contribution in [1.29, 1.82) is 0 Å². The molecule has 2 atom stereocenters. The zero-order valence-electron chi connectivity index (χ0n) is 16.7. The van der Waals surface area contributed by atoms with E-state index in [4.69, 9.17) is 0 Å². The lowest BCUT2D eigenvalue weighted by molar-refractivity contribution is -0.952. The van der Waals surface area contributed by atoms with Crippen LogP contribution in [-0.4, -0.2) is 35.3 Å². The third kappa shape index (κ3) is 6.23. The van der Waals surface area contributed by atoms with Gasteiger partial charge in [-0.2, -0.15) is 26.3 Å². The van der Waals surface area contributed by atoms with Gasteiger partial charge in [0.25, 0.3) is 0 Å². The van der Waals surface area contributed by atoms with Gasteiger partial charge in [0, 0.05) is 24.8 Å². The summed E-state index contributed by atoms with van der Waals surface area (Å²) < 4.78 is 79.8. The van der Waals surface area contributed by atoms with Gasteiger partial charge in [0.05, 0.1) is 30.8 Å². The Hall–Kier alpha value is -1.58. The third-order valence-corrected chi connectivity index (χ3v) is 5.96. The summed E-state index contributed by atoms with van der Waals surface area (Å²) in [6.07, 6.45) is -7.65. The molecule has 1 heterocycles. The average Bonchev–Trinajstić information content (AvgIpc) is 3.08. The first-order chi connectivity index (χ1) is 14.0. The van der Waals surface area contributed by atoms with E-state index in [1.54, 1.807) is 0 Å². The van der Waals surface area contributed by atoms with E-state index < -0.39 is 23.5 Å². The molecule has 31 heavy (non-hydrogen) atoms. The predicted octanol–water partition coefficient (Wildman–Crippen LogP) is 2.44. The average molecular weight is 512 g/mol. The standard InChI is InChI=1S/C22H24F6NO.BrH/c23-21(24,25)18-11-17(12-19(13-18)22(26,27)28)14-29(9-4-7-20(29)15-30)10-8-16-5-2-1-3-6-16;/h1-3,5-6,11-13,20,30H,4,7-10,14-15H2;1H/q+1;/p-1/t20-,29?;/m0./s1. The van der Waals surface area contributed by atoms with E-state index in [9.17, 15) is 31.4 Å². The summed E-state index contributed by atoms with van der Waals surface area (Å²) in [5.41, 5.74) is -1.56. The Balaban J connectivity index is 0.00000341. The smallest absolute Gasteiger partial charge is 0.416 e. The number of alkyl halides is 6. The summed E-state index contributed by atoms with van der Waals surface area (Å²) in [7, 11) is 0. The molecule has 1 aliphatic rings. The Morgan fingerprint density at radius 1 is 0.871 bits per heavy atom. The number of nitrogens with zero attached hydrogens (tertiary/aromatic N) is 1. The van der Waals surface area contributed by atoms with Gasteiger partial charge in [0.1, 0.15) is 12.6 Å². The van der Waals surface area contributed by atoms with Gasteiger partial charge >= 0.3 is 12.4 Å². The summed E-state index contributed by atoms with van der Waals surface area (Å²) in [6.45, 7) is 1.01. The Kier molecular flexibility index (Phi) is 8.21. The fourth-order valence-corrected chi connectivity index (χ4v) is 4.41. The molecule has 1 fully saturated rings. The number of rotatable bonds is 6. The number of hydrogen-bond donors (Lipinski definition) is 1. The van der Waals surface area contributed by atoms with Gasteiger partial charge < -0.3 is 26.6 Å². The summed E-state index contributed by atoms with van der Waals surface area (Å²) >= 11 is 0. The van der Waals surface area contributed by atoms with Crippen LogP contribution in [0.5, 0.6) is 0 Å². The third-order valence-electron chi connectivity index (χ3n) is 5.96. The van der Waals surface area contributed by atoms with Crippen molar-refractivity contribution >= 4 is 0 Å². The van der Waals surface area contributed by atoms with Crippen molar-refractivity contribution in [2.45, 2.75) is 44.2 Å². The maximum Gasteiger partial charge on any atom is 0.416 e. The lowest BCUT2D eigenvalue weighted by Crippen LogP contribution is -3.00. The molecule has 0 amide bonds. The van der Waals surface area contributed by atoms with Crippen LogP contribution in [-0.2, 0) is 25.3 Å². The number of benzene rings is 2. The van der Waals surface area contributed by atoms with Crippen molar-refractivity contribution in [2.75, 3.05) is 19.7 Å². The molecule has 1 aliphatic heterocycles. The molecule has 0 spiro atoms. The van der Waals surface area contributed by atoms with Crippen LogP contribution < -0.4 is 17.0 Å². The number of quaternary nitrogens is 1. The summed E-state index contributed by atoms with van der Waals surface area (Å²) in [4.78, 5) is 0. The van der Waals surface area contributed by atoms with E-state index in [-0.39, 0.29) is 52.3 Å². The van der Waals surface area contributed by atoms with Crippen molar-refractivity contribution in [1.82, 2.24) is 0 Å². The van der Waals surface area contributed by atoms with Gasteiger partial charge in [0.2, 0.25) is 0 Å². The van der Waals surface area contributed by atoms with Crippen molar-refractivity contribution < 1.29 is 52.9 Å². The molecular formula is C22H24BrF6NO. The molecule has 0 bridgehead atoms. The Morgan fingerprint density at radius 2 is 1.45 bits per heavy atom. The highest BCUT2D eigenvalue weighted by molar-refractivity contribution is 5.33. The highest BCUT2D eigenvalue weighted by atomic mass is 79.9. The molecule has 1 N–H and O–H groups in total. The highest BCUT2D eigenvalue weighted by Crippen LogP contribution is 2.38. The number of hydrogen-bond acceptors (Lipinski definition) is 1. The van der Waals surface area contributed by atoms with Gasteiger partial charge in [0.15, 0.2) is 0 Å². The number of aliphatic hydroxyl groups excluding tert-OH is 1. The number of halogens is 7. The van der Waals surface area contributed by atoms with Gasteiger partial charge in [-0.05, 0) is 23.8 Å². The highest BCUT2D eigenvalue weighted by Gasteiger charge is 2.43. The van der Waals surface area contributed by atoms with Crippen LogP contribution in [0.15, 0.2) is 48.5 Å². The normalized spacial score (nSPS) is 21.7. The topological polar surface area (TPSA) is 20.2 Å². The van der Waals surface area contributed by atoms with Crippen LogP contribution in [0.25, 0.3) is 0 Å². The monoisotopic (exact) mass is 511 g/mol. The van der Waals surface area contributed by atoms with Crippen LogP contribution in [0, 0.1) is 0 Å². The lowest BCUT2D eigenvalue weighted by atomic mass is 10.0. The zero-order valence-corrected chi connectivity index (χ0v) is 18.3. The number of likely N-dealkylation sites (tertiary alicyclic amines) is 1. The van der Waals surface area contributed by atoms with E-state index >= 15 is 0 Å². The van der Waals surface area contributed by atoms with Crippen LogP contribution in [0.1, 0.15) is 35.1 Å². The van der Waals surface area contributed by atoms with E-state index in [1.807, 2.05) is 30.3 Å². The molecule has 0 aliphatic carbocycles. The van der Waals surface area contributed by atoms with E-state index in [1.165, 1.54) is 0 Å². The van der Waals surface area contributed by atoms with Gasteiger partial charge in [-0.25, -0.2) is 0 Å². The summed E-state index contributed by atoms with van der Waals surface area (Å²) in [6, 6.07) is 11.1. The second-order valence-electron chi connectivity index (χ2n) is 7.95. The number of aliphatic hydroxyl groups is 1. The second-order valence-corrected chi connectivity index (χ2v) is 7.95. The lowest BCUT2D eigenvalue weighted by Gasteiger charge is -2.40. The predicted molar refractivity (Wildman–Crippen MR) is 100 cm³/mol. The maximum absolute atomic E-state index is 13.2. The molecule has 0 aromatic heterocycles. The first-order valence-electron chi connectivity index (χ1n) is 9.82. The maximum atomic E-state index is 13.2. The summed E-state index contributed by atoms with van der Waals surface area (Å²) in [5.74, 6) is 0. The van der Waals surface area contributed by atoms with Crippen LogP contribution >= 0.6 is 0 Å². The molecule has 0 radical (unpaired) electrons. The fraction of sp³-hybridized carbons (Fsp3) is 0.455. The minimum absolute atomic E-state index is 0. The molecule has 1 unspecified atom stereocenters. The molecule has 2 aromatic rings. The Morgan fingerprint density at radius 3 is 1.97 bits per heavy atom. The molecule has 3 rings (SSSR count). The van der Waals surface area contributed by atoms with Gasteiger partial charge in [-0.1, -0.05) is 30.3 Å². The minimum atomic E-state index is -4.87.